The van der Waals surface area contributed by atoms with Gasteiger partial charge in [-0.25, -0.2) is 4.52 Å². The van der Waals surface area contributed by atoms with E-state index in [1.165, 1.54) is 24.5 Å². The van der Waals surface area contributed by atoms with Gasteiger partial charge in [-0.1, -0.05) is 0 Å². The Morgan fingerprint density at radius 1 is 1.29 bits per heavy atom. The number of carbonyl (C=O) groups is 2. The minimum Gasteiger partial charge on any atom is -0.327 e. The van der Waals surface area contributed by atoms with Gasteiger partial charge in [0.05, 0.1) is 23.6 Å². The number of aromatic amines is 1. The van der Waals surface area contributed by atoms with Crippen LogP contribution in [0.5, 0.6) is 0 Å². The zero-order valence-corrected chi connectivity index (χ0v) is 11.8. The number of halogens is 3. The van der Waals surface area contributed by atoms with Gasteiger partial charge >= 0.3 is 12.1 Å². The van der Waals surface area contributed by atoms with Crippen LogP contribution in [0.15, 0.2) is 30.7 Å². The molecule has 8 nitrogen and oxygen atoms in total. The Labute approximate surface area is 131 Å². The fraction of sp³-hybridized carbons (Fsp3) is 0.0769. The van der Waals surface area contributed by atoms with Gasteiger partial charge in [0.15, 0.2) is 0 Å². The number of amides is 2. The fourth-order valence-corrected chi connectivity index (χ4v) is 2.21. The third-order valence-corrected chi connectivity index (χ3v) is 3.18. The third-order valence-electron chi connectivity index (χ3n) is 3.18. The van der Waals surface area contributed by atoms with Crippen LogP contribution in [0.4, 0.5) is 24.7 Å². The summed E-state index contributed by atoms with van der Waals surface area (Å²) in [7, 11) is 0. The largest absolute Gasteiger partial charge is 0.471 e. The number of anilines is 2. The molecular weight excluding hydrogens is 329 g/mol. The molecule has 124 valence electrons. The topological polar surface area (TPSA) is 104 Å². The molecule has 0 aliphatic heterocycles. The second-order valence-corrected chi connectivity index (χ2v) is 4.65. The lowest BCUT2D eigenvalue weighted by atomic mass is 10.1. The molecule has 3 aromatic rings. The summed E-state index contributed by atoms with van der Waals surface area (Å²) in [4.78, 5) is 21.8. The number of H-pyrrole nitrogens is 1. The van der Waals surface area contributed by atoms with Gasteiger partial charge in [-0.2, -0.15) is 23.4 Å². The monoisotopic (exact) mass is 338 g/mol. The van der Waals surface area contributed by atoms with Crippen molar-refractivity contribution in [3.8, 4) is 11.1 Å². The zero-order chi connectivity index (χ0) is 17.3. The summed E-state index contributed by atoms with van der Waals surface area (Å²) in [5, 5.41) is 14.6. The van der Waals surface area contributed by atoms with Crippen LogP contribution in [0.1, 0.15) is 0 Å². The standard InChI is InChI=1S/C13H9F3N6O2/c14-13(15,16)12(24)21-10-2-1-9-11(7-3-18-19-4-7)8(17-6-23)5-20-22(9)10/h1-6H,(H,17,23)(H,18,19)(H,21,24). The van der Waals surface area contributed by atoms with Crippen LogP contribution in [0, 0.1) is 0 Å². The van der Waals surface area contributed by atoms with E-state index in [0.29, 0.717) is 28.7 Å². The summed E-state index contributed by atoms with van der Waals surface area (Å²) in [6.45, 7) is 0. The van der Waals surface area contributed by atoms with Crippen LogP contribution in [-0.4, -0.2) is 38.3 Å². The van der Waals surface area contributed by atoms with Gasteiger partial charge < -0.3 is 10.6 Å². The SMILES string of the molecule is O=CNc1cnn2c(NC(=O)C(F)(F)F)ccc2c1-c1cn[nH]c1. The van der Waals surface area contributed by atoms with Crippen molar-refractivity contribution in [2.45, 2.75) is 6.18 Å². The molecule has 0 radical (unpaired) electrons. The molecular formula is C13H9F3N6O2. The van der Waals surface area contributed by atoms with E-state index in [2.05, 4.69) is 20.6 Å². The summed E-state index contributed by atoms with van der Waals surface area (Å²) in [5.74, 6) is -2.26. The van der Waals surface area contributed by atoms with Crippen molar-refractivity contribution in [1.29, 1.82) is 0 Å². The van der Waals surface area contributed by atoms with Crippen molar-refractivity contribution in [3.05, 3.63) is 30.7 Å². The summed E-state index contributed by atoms with van der Waals surface area (Å²) < 4.78 is 38.3. The smallest absolute Gasteiger partial charge is 0.327 e. The maximum Gasteiger partial charge on any atom is 0.471 e. The van der Waals surface area contributed by atoms with E-state index in [9.17, 15) is 22.8 Å². The molecule has 0 spiro atoms. The molecule has 3 aromatic heterocycles. The molecule has 3 rings (SSSR count). The minimum absolute atomic E-state index is 0.158. The first-order valence-electron chi connectivity index (χ1n) is 6.50. The van der Waals surface area contributed by atoms with Crippen molar-refractivity contribution in [2.75, 3.05) is 10.6 Å². The lowest BCUT2D eigenvalue weighted by Gasteiger charge is -2.11. The van der Waals surface area contributed by atoms with E-state index >= 15 is 0 Å². The van der Waals surface area contributed by atoms with Crippen LogP contribution in [0.3, 0.4) is 0 Å². The predicted molar refractivity (Wildman–Crippen MR) is 77.1 cm³/mol. The summed E-state index contributed by atoms with van der Waals surface area (Å²) in [5.41, 5.74) is 1.78. The normalized spacial score (nSPS) is 11.5. The molecule has 0 atom stereocenters. The number of nitrogens with one attached hydrogen (secondary N) is 3. The van der Waals surface area contributed by atoms with E-state index < -0.39 is 12.1 Å². The Morgan fingerprint density at radius 3 is 2.71 bits per heavy atom. The lowest BCUT2D eigenvalue weighted by Crippen LogP contribution is -2.30. The van der Waals surface area contributed by atoms with Gasteiger partial charge in [0.2, 0.25) is 6.41 Å². The Hall–Kier alpha value is -3.37. The van der Waals surface area contributed by atoms with E-state index in [-0.39, 0.29) is 5.82 Å². The van der Waals surface area contributed by atoms with Gasteiger partial charge in [0, 0.05) is 17.3 Å². The molecule has 2 amide bonds. The van der Waals surface area contributed by atoms with E-state index in [1.54, 1.807) is 11.5 Å². The van der Waals surface area contributed by atoms with Crippen molar-refractivity contribution in [1.82, 2.24) is 19.8 Å². The molecule has 0 aromatic carbocycles. The number of fused-ring (bicyclic) bond motifs is 1. The number of hydrogen-bond acceptors (Lipinski definition) is 4. The number of aromatic nitrogens is 4. The van der Waals surface area contributed by atoms with Crippen LogP contribution >= 0.6 is 0 Å². The number of carbonyl (C=O) groups excluding carboxylic acids is 2. The van der Waals surface area contributed by atoms with Crippen molar-refractivity contribution in [3.63, 3.8) is 0 Å². The van der Waals surface area contributed by atoms with E-state index in [4.69, 9.17) is 0 Å². The average Bonchev–Trinajstić information content (AvgIpc) is 3.16. The Balaban J connectivity index is 2.13. The van der Waals surface area contributed by atoms with Gasteiger partial charge in [-0.3, -0.25) is 14.7 Å². The second kappa shape index (κ2) is 5.68. The lowest BCUT2D eigenvalue weighted by molar-refractivity contribution is -0.167. The Morgan fingerprint density at radius 2 is 2.08 bits per heavy atom. The molecule has 11 heteroatoms. The van der Waals surface area contributed by atoms with E-state index in [0.717, 1.165) is 4.52 Å². The predicted octanol–water partition coefficient (Wildman–Crippen LogP) is 1.79. The van der Waals surface area contributed by atoms with Gasteiger partial charge in [-0.15, -0.1) is 0 Å². The molecule has 0 unspecified atom stereocenters. The maximum atomic E-state index is 12.4. The first-order chi connectivity index (χ1) is 11.4. The summed E-state index contributed by atoms with van der Waals surface area (Å²) in [6, 6.07) is 2.75. The zero-order valence-electron chi connectivity index (χ0n) is 11.8. The highest BCUT2D eigenvalue weighted by Crippen LogP contribution is 2.33. The summed E-state index contributed by atoms with van der Waals surface area (Å²) >= 11 is 0. The molecule has 0 fully saturated rings. The summed E-state index contributed by atoms with van der Waals surface area (Å²) in [6.07, 6.45) is -0.283. The van der Waals surface area contributed by atoms with Gasteiger partial charge in [0.25, 0.3) is 0 Å². The number of rotatable bonds is 4. The fourth-order valence-electron chi connectivity index (χ4n) is 2.21. The minimum atomic E-state index is -5.02. The number of nitrogens with zero attached hydrogens (tertiary/aromatic N) is 3. The van der Waals surface area contributed by atoms with Crippen LogP contribution in [0.25, 0.3) is 16.6 Å². The highest BCUT2D eigenvalue weighted by molar-refractivity contribution is 5.97. The van der Waals surface area contributed by atoms with Crippen LogP contribution in [-0.2, 0) is 9.59 Å². The highest BCUT2D eigenvalue weighted by Gasteiger charge is 2.39. The van der Waals surface area contributed by atoms with Crippen molar-refractivity contribution >= 4 is 29.3 Å². The van der Waals surface area contributed by atoms with Crippen molar-refractivity contribution in [2.24, 2.45) is 0 Å². The van der Waals surface area contributed by atoms with Crippen LogP contribution in [0.2, 0.25) is 0 Å². The Kier molecular flexibility index (Phi) is 3.67. The molecule has 3 heterocycles. The number of hydrogen-bond donors (Lipinski definition) is 3. The second-order valence-electron chi connectivity index (χ2n) is 4.65. The first-order valence-corrected chi connectivity index (χ1v) is 6.50. The molecule has 0 saturated carbocycles. The molecule has 0 bridgehead atoms. The van der Waals surface area contributed by atoms with Gasteiger partial charge in [0.1, 0.15) is 5.82 Å². The quantitative estimate of drug-likeness (QED) is 0.631. The first kappa shape index (κ1) is 15.5. The molecule has 0 aliphatic carbocycles. The molecule has 0 saturated heterocycles. The Bertz CT molecular complexity index is 900. The highest BCUT2D eigenvalue weighted by atomic mass is 19.4. The molecule has 24 heavy (non-hydrogen) atoms. The molecule has 3 N–H and O–H groups in total. The number of alkyl halides is 3. The maximum absolute atomic E-state index is 12.4. The molecule has 0 aliphatic rings. The third kappa shape index (κ3) is 2.66. The average molecular weight is 338 g/mol. The van der Waals surface area contributed by atoms with Gasteiger partial charge in [-0.05, 0) is 12.1 Å². The van der Waals surface area contributed by atoms with E-state index in [1.807, 2.05) is 0 Å². The van der Waals surface area contributed by atoms with Crippen molar-refractivity contribution < 1.29 is 22.8 Å². The van der Waals surface area contributed by atoms with Crippen LogP contribution < -0.4 is 10.6 Å².